The van der Waals surface area contributed by atoms with Crippen molar-refractivity contribution in [2.45, 2.75) is 13.8 Å². The summed E-state index contributed by atoms with van der Waals surface area (Å²) in [4.78, 5) is 40.2. The monoisotopic (exact) mass is 486 g/mol. The molecular formula is C23H23ClN4O4S. The van der Waals surface area contributed by atoms with Crippen molar-refractivity contribution in [1.82, 2.24) is 9.80 Å². The molecule has 1 aliphatic rings. The number of carbonyl (C=O) groups is 2. The third-order valence-electron chi connectivity index (χ3n) is 5.70. The van der Waals surface area contributed by atoms with E-state index in [0.717, 1.165) is 16.8 Å². The molecule has 0 radical (unpaired) electrons. The zero-order valence-corrected chi connectivity index (χ0v) is 19.8. The fraction of sp³-hybridized carbons (Fsp3) is 0.304. The van der Waals surface area contributed by atoms with Crippen molar-refractivity contribution < 1.29 is 14.5 Å². The molecule has 33 heavy (non-hydrogen) atoms. The second-order valence-electron chi connectivity index (χ2n) is 8.12. The second-order valence-corrected chi connectivity index (χ2v) is 9.55. The summed E-state index contributed by atoms with van der Waals surface area (Å²) in [7, 11) is 0. The number of non-ortho nitro benzene ring substituents is 1. The molecule has 3 aromatic rings. The van der Waals surface area contributed by atoms with Gasteiger partial charge in [-0.15, -0.1) is 11.3 Å². The molecule has 0 atom stereocenters. The molecule has 1 aliphatic heterocycles. The van der Waals surface area contributed by atoms with Gasteiger partial charge in [-0.3, -0.25) is 24.6 Å². The highest BCUT2D eigenvalue weighted by molar-refractivity contribution is 7.21. The van der Waals surface area contributed by atoms with Crippen molar-refractivity contribution >= 4 is 56.2 Å². The molecule has 0 bridgehead atoms. The van der Waals surface area contributed by atoms with E-state index in [1.165, 1.54) is 23.5 Å². The highest BCUT2D eigenvalue weighted by Crippen LogP contribution is 2.38. The van der Waals surface area contributed by atoms with Gasteiger partial charge in [-0.1, -0.05) is 29.3 Å². The normalized spacial score (nSPS) is 14.5. The first-order chi connectivity index (χ1) is 15.7. The summed E-state index contributed by atoms with van der Waals surface area (Å²) in [5, 5.41) is 14.9. The number of nitrogens with one attached hydrogen (secondary N) is 1. The number of nitro benzene ring substituents is 1. The Morgan fingerprint density at radius 3 is 2.52 bits per heavy atom. The largest absolute Gasteiger partial charge is 0.335 e. The topological polar surface area (TPSA) is 95.8 Å². The lowest BCUT2D eigenvalue weighted by Crippen LogP contribution is -2.50. The predicted octanol–water partition coefficient (Wildman–Crippen LogP) is 4.48. The lowest BCUT2D eigenvalue weighted by atomic mass is 10.1. The van der Waals surface area contributed by atoms with Crippen LogP contribution in [0, 0.1) is 24.0 Å². The number of nitro groups is 1. The van der Waals surface area contributed by atoms with E-state index in [1.54, 1.807) is 11.0 Å². The van der Waals surface area contributed by atoms with E-state index in [1.807, 2.05) is 36.9 Å². The van der Waals surface area contributed by atoms with Gasteiger partial charge in [0.25, 0.3) is 11.6 Å². The van der Waals surface area contributed by atoms with Crippen molar-refractivity contribution in [3.8, 4) is 0 Å². The lowest BCUT2D eigenvalue weighted by molar-refractivity contribution is -0.384. The summed E-state index contributed by atoms with van der Waals surface area (Å²) in [6, 6.07) is 10.3. The van der Waals surface area contributed by atoms with E-state index in [9.17, 15) is 19.7 Å². The summed E-state index contributed by atoms with van der Waals surface area (Å²) in [5.74, 6) is -0.279. The van der Waals surface area contributed by atoms with Crippen molar-refractivity contribution in [1.29, 1.82) is 0 Å². The van der Waals surface area contributed by atoms with Crippen LogP contribution in [0.2, 0.25) is 5.02 Å². The van der Waals surface area contributed by atoms with Crippen LogP contribution in [0.15, 0.2) is 36.4 Å². The molecule has 1 fully saturated rings. The van der Waals surface area contributed by atoms with Crippen molar-refractivity contribution in [3.05, 3.63) is 67.5 Å². The predicted molar refractivity (Wildman–Crippen MR) is 130 cm³/mol. The molecule has 2 amide bonds. The Kier molecular flexibility index (Phi) is 6.64. The molecule has 1 saturated heterocycles. The molecule has 2 aromatic carbocycles. The summed E-state index contributed by atoms with van der Waals surface area (Å²) < 4.78 is 0.610. The molecule has 1 aromatic heterocycles. The SMILES string of the molecule is Cc1ccc(NC(=O)CN2CCN(C(=O)c3sc4cc([N+](=O)[O-])ccc4c3Cl)CC2)c(C)c1. The highest BCUT2D eigenvalue weighted by Gasteiger charge is 2.27. The Hall–Kier alpha value is -3.01. The molecule has 2 heterocycles. The minimum absolute atomic E-state index is 0.0351. The van der Waals surface area contributed by atoms with E-state index in [-0.39, 0.29) is 24.0 Å². The Bertz CT molecular complexity index is 1250. The van der Waals surface area contributed by atoms with Crippen LogP contribution < -0.4 is 5.32 Å². The molecule has 1 N–H and O–H groups in total. The molecule has 0 saturated carbocycles. The van der Waals surface area contributed by atoms with E-state index in [2.05, 4.69) is 5.32 Å². The van der Waals surface area contributed by atoms with Gasteiger partial charge in [0.15, 0.2) is 0 Å². The third-order valence-corrected chi connectivity index (χ3v) is 7.35. The minimum atomic E-state index is -0.468. The van der Waals surface area contributed by atoms with Crippen LogP contribution in [0.25, 0.3) is 10.1 Å². The molecule has 0 unspecified atom stereocenters. The summed E-state index contributed by atoms with van der Waals surface area (Å²) in [6.45, 7) is 6.31. The van der Waals surface area contributed by atoms with Crippen LogP contribution in [0.3, 0.4) is 0 Å². The van der Waals surface area contributed by atoms with Gasteiger partial charge in [-0.05, 0) is 31.5 Å². The number of hydrogen-bond acceptors (Lipinski definition) is 6. The Labute approximate surface area is 199 Å². The number of hydrogen-bond donors (Lipinski definition) is 1. The number of aryl methyl sites for hydroxylation is 2. The van der Waals surface area contributed by atoms with Gasteiger partial charge >= 0.3 is 0 Å². The summed E-state index contributed by atoms with van der Waals surface area (Å²) >= 11 is 7.60. The number of benzene rings is 2. The van der Waals surface area contributed by atoms with Gasteiger partial charge in [-0.25, -0.2) is 0 Å². The molecule has 8 nitrogen and oxygen atoms in total. The summed E-state index contributed by atoms with van der Waals surface area (Å²) in [6.07, 6.45) is 0. The Morgan fingerprint density at radius 1 is 1.12 bits per heavy atom. The highest BCUT2D eigenvalue weighted by atomic mass is 35.5. The first-order valence-corrected chi connectivity index (χ1v) is 11.7. The number of halogens is 1. The molecule has 10 heteroatoms. The van der Waals surface area contributed by atoms with E-state index in [0.29, 0.717) is 46.2 Å². The Balaban J connectivity index is 1.36. The third kappa shape index (κ3) is 5.00. The molecule has 4 rings (SSSR count). The second kappa shape index (κ2) is 9.46. The standard InChI is InChI=1S/C23H23ClN4O4S/c1-14-3-6-18(15(2)11-14)25-20(29)13-26-7-9-27(10-8-26)23(30)22-21(24)17-5-4-16(28(31)32)12-19(17)33-22/h3-6,11-12H,7-10,13H2,1-2H3,(H,25,29). The van der Waals surface area contributed by atoms with Crippen molar-refractivity contribution in [2.24, 2.45) is 0 Å². The van der Waals surface area contributed by atoms with Gasteiger partial charge in [0.2, 0.25) is 5.91 Å². The van der Waals surface area contributed by atoms with Gasteiger partial charge < -0.3 is 10.2 Å². The molecule has 172 valence electrons. The Morgan fingerprint density at radius 2 is 1.85 bits per heavy atom. The number of carbonyl (C=O) groups excluding carboxylic acids is 2. The lowest BCUT2D eigenvalue weighted by Gasteiger charge is -2.34. The average Bonchev–Trinajstić information content (AvgIpc) is 3.11. The van der Waals surface area contributed by atoms with Crippen LogP contribution in [-0.2, 0) is 4.79 Å². The number of thiophene rings is 1. The van der Waals surface area contributed by atoms with E-state index < -0.39 is 4.92 Å². The molecule has 0 aliphatic carbocycles. The number of rotatable bonds is 5. The van der Waals surface area contributed by atoms with Crippen LogP contribution in [-0.4, -0.2) is 59.3 Å². The zero-order valence-electron chi connectivity index (χ0n) is 18.3. The number of piperazine rings is 1. The first-order valence-electron chi connectivity index (χ1n) is 10.5. The van der Waals surface area contributed by atoms with Gasteiger partial charge in [0.1, 0.15) is 4.88 Å². The van der Waals surface area contributed by atoms with Crippen LogP contribution >= 0.6 is 22.9 Å². The van der Waals surface area contributed by atoms with E-state index >= 15 is 0 Å². The number of nitrogens with zero attached hydrogens (tertiary/aromatic N) is 3. The van der Waals surface area contributed by atoms with Gasteiger partial charge in [0.05, 0.1) is 16.5 Å². The number of anilines is 1. The quantitative estimate of drug-likeness (QED) is 0.424. The minimum Gasteiger partial charge on any atom is -0.335 e. The smallest absolute Gasteiger partial charge is 0.270 e. The zero-order chi connectivity index (χ0) is 23.7. The number of fused-ring (bicyclic) bond motifs is 1. The van der Waals surface area contributed by atoms with Crippen LogP contribution in [0.5, 0.6) is 0 Å². The maximum absolute atomic E-state index is 13.1. The maximum atomic E-state index is 13.1. The fourth-order valence-electron chi connectivity index (χ4n) is 3.90. The number of amides is 2. The van der Waals surface area contributed by atoms with Gasteiger partial charge in [-0.2, -0.15) is 0 Å². The summed E-state index contributed by atoms with van der Waals surface area (Å²) in [5.41, 5.74) is 2.93. The van der Waals surface area contributed by atoms with Crippen molar-refractivity contribution in [3.63, 3.8) is 0 Å². The molecular weight excluding hydrogens is 464 g/mol. The fourth-order valence-corrected chi connectivity index (χ4v) is 5.42. The molecule has 0 spiro atoms. The van der Waals surface area contributed by atoms with E-state index in [4.69, 9.17) is 11.6 Å². The first kappa shape index (κ1) is 23.2. The maximum Gasteiger partial charge on any atom is 0.270 e. The van der Waals surface area contributed by atoms with Gasteiger partial charge in [0, 0.05) is 54.1 Å². The van der Waals surface area contributed by atoms with Crippen LogP contribution in [0.1, 0.15) is 20.8 Å². The average molecular weight is 487 g/mol. The van der Waals surface area contributed by atoms with Crippen molar-refractivity contribution in [2.75, 3.05) is 38.0 Å². The van der Waals surface area contributed by atoms with Crippen LogP contribution in [0.4, 0.5) is 11.4 Å².